The summed E-state index contributed by atoms with van der Waals surface area (Å²) in [6.45, 7) is 9.17. The highest BCUT2D eigenvalue weighted by Crippen LogP contribution is 2.11. The van der Waals surface area contributed by atoms with E-state index in [9.17, 15) is 0 Å². The molecule has 0 saturated heterocycles. The van der Waals surface area contributed by atoms with Crippen molar-refractivity contribution in [1.82, 2.24) is 5.32 Å². The Kier molecular flexibility index (Phi) is 7.43. The van der Waals surface area contributed by atoms with Crippen molar-refractivity contribution >= 4 is 0 Å². The lowest BCUT2D eigenvalue weighted by molar-refractivity contribution is 0.453. The molecule has 0 aliphatic heterocycles. The molecule has 1 heteroatoms. The Bertz CT molecular complexity index is 326. The molecule has 1 nitrogen and oxygen atoms in total. The van der Waals surface area contributed by atoms with Crippen LogP contribution in [0, 0.1) is 6.92 Å². The predicted molar refractivity (Wildman–Crippen MR) is 81.0 cm³/mol. The van der Waals surface area contributed by atoms with E-state index in [4.69, 9.17) is 0 Å². The highest BCUT2D eigenvalue weighted by molar-refractivity contribution is 5.21. The van der Waals surface area contributed by atoms with Gasteiger partial charge in [0.25, 0.3) is 0 Å². The maximum atomic E-state index is 3.78. The Morgan fingerprint density at radius 3 is 2.56 bits per heavy atom. The van der Waals surface area contributed by atoms with Crippen molar-refractivity contribution in [1.29, 1.82) is 0 Å². The molecule has 1 aromatic carbocycles. The van der Waals surface area contributed by atoms with E-state index in [1.807, 2.05) is 6.08 Å². The summed E-state index contributed by atoms with van der Waals surface area (Å²) in [7, 11) is 0. The molecule has 0 spiro atoms. The normalized spacial score (nSPS) is 12.3. The zero-order valence-electron chi connectivity index (χ0n) is 11.9. The standard InChI is InChI=1S/C17H27N/c1-4-6-7-8-17(18-5-2)14-13-16-11-9-15(3)10-12-16/h4,9-12,17-18H,1,5-8,13-14H2,2-3H3. The van der Waals surface area contributed by atoms with Crippen LogP contribution in [0.4, 0.5) is 0 Å². The fourth-order valence-electron chi connectivity index (χ4n) is 2.24. The van der Waals surface area contributed by atoms with E-state index in [1.54, 1.807) is 0 Å². The van der Waals surface area contributed by atoms with Gasteiger partial charge in [-0.15, -0.1) is 6.58 Å². The SMILES string of the molecule is C=CCCCC(CCc1ccc(C)cc1)NCC. The van der Waals surface area contributed by atoms with Gasteiger partial charge in [0.05, 0.1) is 0 Å². The van der Waals surface area contributed by atoms with Gasteiger partial charge in [-0.2, -0.15) is 0 Å². The van der Waals surface area contributed by atoms with Crippen LogP contribution in [0.3, 0.4) is 0 Å². The van der Waals surface area contributed by atoms with Crippen LogP contribution in [0.5, 0.6) is 0 Å². The van der Waals surface area contributed by atoms with Crippen LogP contribution in [0.1, 0.15) is 43.7 Å². The molecule has 0 aliphatic carbocycles. The Balaban J connectivity index is 2.35. The van der Waals surface area contributed by atoms with E-state index >= 15 is 0 Å². The second-order valence-corrected chi connectivity index (χ2v) is 5.00. The molecule has 1 N–H and O–H groups in total. The lowest BCUT2D eigenvalue weighted by Gasteiger charge is -2.17. The fourth-order valence-corrected chi connectivity index (χ4v) is 2.24. The van der Waals surface area contributed by atoms with Crippen LogP contribution < -0.4 is 5.32 Å². The molecule has 0 bridgehead atoms. The maximum absolute atomic E-state index is 3.78. The molecule has 100 valence electrons. The lowest BCUT2D eigenvalue weighted by Crippen LogP contribution is -2.29. The van der Waals surface area contributed by atoms with Crippen molar-refractivity contribution in [2.45, 2.75) is 52.0 Å². The number of hydrogen-bond acceptors (Lipinski definition) is 1. The van der Waals surface area contributed by atoms with Gasteiger partial charge in [0.2, 0.25) is 0 Å². The second-order valence-electron chi connectivity index (χ2n) is 5.00. The monoisotopic (exact) mass is 245 g/mol. The van der Waals surface area contributed by atoms with Crippen molar-refractivity contribution in [2.75, 3.05) is 6.54 Å². The summed E-state index contributed by atoms with van der Waals surface area (Å²) in [6.07, 6.45) is 8.05. The summed E-state index contributed by atoms with van der Waals surface area (Å²) in [6, 6.07) is 9.56. The molecule has 1 unspecified atom stereocenters. The molecule has 1 rings (SSSR count). The lowest BCUT2D eigenvalue weighted by atomic mass is 10.00. The van der Waals surface area contributed by atoms with Crippen molar-refractivity contribution in [2.24, 2.45) is 0 Å². The number of hydrogen-bond donors (Lipinski definition) is 1. The van der Waals surface area contributed by atoms with Crippen molar-refractivity contribution in [3.05, 3.63) is 48.0 Å². The van der Waals surface area contributed by atoms with Crippen LogP contribution in [0.25, 0.3) is 0 Å². The van der Waals surface area contributed by atoms with E-state index in [0.29, 0.717) is 6.04 Å². The number of nitrogens with one attached hydrogen (secondary N) is 1. The van der Waals surface area contributed by atoms with E-state index in [1.165, 1.54) is 36.8 Å². The van der Waals surface area contributed by atoms with Crippen molar-refractivity contribution < 1.29 is 0 Å². The molecular weight excluding hydrogens is 218 g/mol. The van der Waals surface area contributed by atoms with Crippen LogP contribution in [0.15, 0.2) is 36.9 Å². The maximum Gasteiger partial charge on any atom is 0.00702 e. The summed E-state index contributed by atoms with van der Waals surface area (Å²) in [5.41, 5.74) is 2.79. The smallest absolute Gasteiger partial charge is 0.00702 e. The van der Waals surface area contributed by atoms with Crippen LogP contribution in [0.2, 0.25) is 0 Å². The average molecular weight is 245 g/mol. The Morgan fingerprint density at radius 2 is 1.94 bits per heavy atom. The predicted octanol–water partition coefficient (Wildman–Crippen LogP) is 4.26. The molecule has 0 aromatic heterocycles. The highest BCUT2D eigenvalue weighted by atomic mass is 14.9. The number of rotatable bonds is 9. The van der Waals surface area contributed by atoms with Crippen molar-refractivity contribution in [3.8, 4) is 0 Å². The number of allylic oxidation sites excluding steroid dienone is 1. The van der Waals surface area contributed by atoms with Gasteiger partial charge >= 0.3 is 0 Å². The van der Waals surface area contributed by atoms with Gasteiger partial charge in [0.15, 0.2) is 0 Å². The van der Waals surface area contributed by atoms with Gasteiger partial charge in [-0.25, -0.2) is 0 Å². The third-order valence-corrected chi connectivity index (χ3v) is 3.36. The Labute approximate surface area is 112 Å². The molecule has 1 atom stereocenters. The first-order valence-corrected chi connectivity index (χ1v) is 7.16. The van der Waals surface area contributed by atoms with Gasteiger partial charge in [0.1, 0.15) is 0 Å². The summed E-state index contributed by atoms with van der Waals surface area (Å²) >= 11 is 0. The molecule has 0 heterocycles. The molecule has 0 aliphatic rings. The minimum absolute atomic E-state index is 0.649. The first-order valence-electron chi connectivity index (χ1n) is 7.16. The number of benzene rings is 1. The third-order valence-electron chi connectivity index (χ3n) is 3.36. The van der Waals surface area contributed by atoms with Gasteiger partial charge in [-0.3, -0.25) is 0 Å². The summed E-state index contributed by atoms with van der Waals surface area (Å²) < 4.78 is 0. The van der Waals surface area contributed by atoms with Crippen LogP contribution in [-0.2, 0) is 6.42 Å². The van der Waals surface area contributed by atoms with Gasteiger partial charge in [0, 0.05) is 6.04 Å². The molecule has 0 saturated carbocycles. The number of aryl methyl sites for hydroxylation is 2. The average Bonchev–Trinajstić information content (AvgIpc) is 2.38. The third kappa shape index (κ3) is 6.02. The van der Waals surface area contributed by atoms with Gasteiger partial charge < -0.3 is 5.32 Å². The minimum Gasteiger partial charge on any atom is -0.314 e. The van der Waals surface area contributed by atoms with Gasteiger partial charge in [-0.05, 0) is 51.1 Å². The summed E-state index contributed by atoms with van der Waals surface area (Å²) in [4.78, 5) is 0. The Hall–Kier alpha value is -1.08. The first-order chi connectivity index (χ1) is 8.76. The van der Waals surface area contributed by atoms with E-state index in [-0.39, 0.29) is 0 Å². The minimum atomic E-state index is 0.649. The van der Waals surface area contributed by atoms with Gasteiger partial charge in [-0.1, -0.05) is 42.8 Å². The van der Waals surface area contributed by atoms with E-state index < -0.39 is 0 Å². The molecule has 0 fully saturated rings. The fraction of sp³-hybridized carbons (Fsp3) is 0.529. The first kappa shape index (κ1) is 15.0. The molecular formula is C17H27N. The molecule has 0 amide bonds. The summed E-state index contributed by atoms with van der Waals surface area (Å²) in [5.74, 6) is 0. The highest BCUT2D eigenvalue weighted by Gasteiger charge is 2.06. The van der Waals surface area contributed by atoms with Crippen molar-refractivity contribution in [3.63, 3.8) is 0 Å². The van der Waals surface area contributed by atoms with Crippen LogP contribution >= 0.6 is 0 Å². The van der Waals surface area contributed by atoms with E-state index in [0.717, 1.165) is 13.0 Å². The zero-order valence-corrected chi connectivity index (χ0v) is 11.9. The second kappa shape index (κ2) is 8.93. The van der Waals surface area contributed by atoms with Crippen LogP contribution in [-0.4, -0.2) is 12.6 Å². The molecule has 0 radical (unpaired) electrons. The molecule has 18 heavy (non-hydrogen) atoms. The zero-order chi connectivity index (χ0) is 13.2. The topological polar surface area (TPSA) is 12.0 Å². The largest absolute Gasteiger partial charge is 0.314 e. The quantitative estimate of drug-likeness (QED) is 0.506. The summed E-state index contributed by atoms with van der Waals surface area (Å²) in [5, 5.41) is 3.59. The Morgan fingerprint density at radius 1 is 1.22 bits per heavy atom. The molecule has 1 aromatic rings. The number of unbranched alkanes of at least 4 members (excludes halogenated alkanes) is 1. The van der Waals surface area contributed by atoms with E-state index in [2.05, 4.69) is 50.0 Å².